The molecule has 2 aromatic carbocycles. The molecular weight excluding hydrogens is 504 g/mol. The third kappa shape index (κ3) is 6.39. The van der Waals surface area contributed by atoms with E-state index < -0.39 is 6.61 Å². The van der Waals surface area contributed by atoms with Crippen molar-refractivity contribution < 1.29 is 27.8 Å². The third-order valence-electron chi connectivity index (χ3n) is 5.37. The molecule has 0 radical (unpaired) electrons. The van der Waals surface area contributed by atoms with Crippen molar-refractivity contribution in [3.8, 4) is 11.5 Å². The van der Waals surface area contributed by atoms with Gasteiger partial charge in [-0.05, 0) is 42.3 Å². The van der Waals surface area contributed by atoms with Gasteiger partial charge >= 0.3 is 11.9 Å². The highest BCUT2D eigenvalue weighted by molar-refractivity contribution is 8.14. The zero-order chi connectivity index (χ0) is 26.4. The number of thioether (sulfide) groups is 1. The molecule has 2 heterocycles. The Hall–Kier alpha value is -4.06. The van der Waals surface area contributed by atoms with Gasteiger partial charge in [-0.25, -0.2) is 9.99 Å². The summed E-state index contributed by atoms with van der Waals surface area (Å²) in [5, 5.41) is 8.29. The van der Waals surface area contributed by atoms with Crippen molar-refractivity contribution in [1.82, 2.24) is 15.0 Å². The summed E-state index contributed by atoms with van der Waals surface area (Å²) in [5.74, 6) is -0.329. The van der Waals surface area contributed by atoms with Crippen molar-refractivity contribution in [2.24, 2.45) is 5.10 Å². The van der Waals surface area contributed by atoms with E-state index in [0.717, 1.165) is 17.3 Å². The van der Waals surface area contributed by atoms with Crippen LogP contribution in [0.2, 0.25) is 0 Å². The van der Waals surface area contributed by atoms with Crippen molar-refractivity contribution in [1.29, 1.82) is 0 Å². The van der Waals surface area contributed by atoms with Gasteiger partial charge in [0.15, 0.2) is 11.5 Å². The van der Waals surface area contributed by atoms with Gasteiger partial charge in [-0.1, -0.05) is 30.8 Å². The molecule has 1 aliphatic rings. The lowest BCUT2D eigenvalue weighted by Crippen LogP contribution is -2.34. The number of ether oxygens (including phenoxy) is 2. The molecule has 4 rings (SSSR count). The molecule has 0 aliphatic carbocycles. The van der Waals surface area contributed by atoms with Gasteiger partial charge in [0, 0.05) is 23.6 Å². The van der Waals surface area contributed by atoms with E-state index in [1.807, 2.05) is 6.92 Å². The summed E-state index contributed by atoms with van der Waals surface area (Å²) < 4.78 is 35.1. The first-order valence-electron chi connectivity index (χ1n) is 11.2. The summed E-state index contributed by atoms with van der Waals surface area (Å²) in [7, 11) is 1.36. The Balaban J connectivity index is 1.52. The number of methoxy groups -OCH3 is 1. The normalized spacial score (nSPS) is 15.4. The zero-order valence-corrected chi connectivity index (χ0v) is 20.7. The molecule has 9 nitrogen and oxygen atoms in total. The van der Waals surface area contributed by atoms with Crippen molar-refractivity contribution in [3.63, 3.8) is 0 Å². The summed E-state index contributed by atoms with van der Waals surface area (Å²) in [5.41, 5.74) is 2.81. The second kappa shape index (κ2) is 11.8. The van der Waals surface area contributed by atoms with Gasteiger partial charge in [-0.2, -0.15) is 13.9 Å². The summed E-state index contributed by atoms with van der Waals surface area (Å²) in [6.07, 6.45) is 4.93. The Kier molecular flexibility index (Phi) is 8.29. The highest BCUT2D eigenvalue weighted by atomic mass is 32.2. The Morgan fingerprint density at radius 1 is 1.16 bits per heavy atom. The molecule has 1 aromatic heterocycles. The molecule has 0 saturated heterocycles. The number of aromatic nitrogens is 2. The van der Waals surface area contributed by atoms with Gasteiger partial charge in [0.25, 0.3) is 5.91 Å². The van der Waals surface area contributed by atoms with Crippen LogP contribution in [0.15, 0.2) is 66.2 Å². The van der Waals surface area contributed by atoms with Crippen LogP contribution in [0.4, 0.5) is 19.3 Å². The number of nitrogens with one attached hydrogen (secondary N) is 1. The highest BCUT2D eigenvalue weighted by Crippen LogP contribution is 2.34. The van der Waals surface area contributed by atoms with E-state index in [4.69, 9.17) is 4.74 Å². The average molecular weight is 528 g/mol. The lowest BCUT2D eigenvalue weighted by molar-refractivity contribution is -0.0512. The number of hydrogen-bond acceptors (Lipinski definition) is 8. The number of anilines is 1. The Labute approximate surface area is 215 Å². The van der Waals surface area contributed by atoms with Crippen molar-refractivity contribution in [3.05, 3.63) is 77.9 Å². The molecule has 2 amide bonds. The predicted molar refractivity (Wildman–Crippen MR) is 135 cm³/mol. The van der Waals surface area contributed by atoms with E-state index in [1.165, 1.54) is 36.8 Å². The molecule has 192 valence electrons. The first-order valence-corrected chi connectivity index (χ1v) is 12.1. The number of halogens is 2. The molecule has 1 atom stereocenters. The number of carbonyl (C=O) groups is 2. The van der Waals surface area contributed by atoms with E-state index >= 15 is 0 Å². The fraction of sp³-hybridized carbons (Fsp3) is 0.240. The van der Waals surface area contributed by atoms with Crippen LogP contribution in [-0.4, -0.2) is 50.8 Å². The smallest absolute Gasteiger partial charge is 0.387 e. The Bertz CT molecular complexity index is 1290. The molecule has 1 N–H and O–H groups in total. The molecule has 3 aromatic rings. The lowest BCUT2D eigenvalue weighted by Gasteiger charge is -2.28. The number of hydrazone groups is 1. The van der Waals surface area contributed by atoms with Gasteiger partial charge in [0.2, 0.25) is 0 Å². The van der Waals surface area contributed by atoms with E-state index in [-0.39, 0.29) is 40.1 Å². The first-order chi connectivity index (χ1) is 17.9. The maximum Gasteiger partial charge on any atom is 0.387 e. The minimum absolute atomic E-state index is 0.0854. The third-order valence-corrected chi connectivity index (χ3v) is 6.63. The van der Waals surface area contributed by atoms with E-state index in [9.17, 15) is 18.4 Å². The standard InChI is InChI=1S/C25H23F2N5O4S/c1-3-21-22(16-6-9-19(36-24(26)27)20(12-16)35-2)31-32(25(34)37-21)14-15-4-7-17(8-5-15)30-23(33)18-13-28-10-11-29-18/h4-13,21,24H,3,14H2,1-2H3,(H,30,33). The van der Waals surface area contributed by atoms with Gasteiger partial charge in [-0.15, -0.1) is 0 Å². The fourth-order valence-electron chi connectivity index (χ4n) is 3.59. The van der Waals surface area contributed by atoms with E-state index in [2.05, 4.69) is 25.1 Å². The number of hydrogen-bond donors (Lipinski definition) is 1. The number of alkyl halides is 2. The number of amides is 2. The summed E-state index contributed by atoms with van der Waals surface area (Å²) >= 11 is 1.15. The number of benzene rings is 2. The lowest BCUT2D eigenvalue weighted by atomic mass is 10.0. The average Bonchev–Trinajstić information content (AvgIpc) is 2.91. The minimum Gasteiger partial charge on any atom is -0.493 e. The van der Waals surface area contributed by atoms with E-state index in [0.29, 0.717) is 23.4 Å². The molecule has 0 spiro atoms. The Morgan fingerprint density at radius 2 is 1.95 bits per heavy atom. The SMILES string of the molecule is CCC1SC(=O)N(Cc2ccc(NC(=O)c3cnccn3)cc2)N=C1c1ccc(OC(F)F)c(OC)c1. The largest absolute Gasteiger partial charge is 0.493 e. The quantitative estimate of drug-likeness (QED) is 0.408. The van der Waals surface area contributed by atoms with E-state index in [1.54, 1.807) is 36.4 Å². The maximum atomic E-state index is 12.8. The van der Waals surface area contributed by atoms with Crippen molar-refractivity contribution in [2.45, 2.75) is 31.8 Å². The number of carbonyl (C=O) groups excluding carboxylic acids is 2. The second-order valence-electron chi connectivity index (χ2n) is 7.81. The molecule has 37 heavy (non-hydrogen) atoms. The van der Waals surface area contributed by atoms with Crippen LogP contribution in [0, 0.1) is 0 Å². The number of rotatable bonds is 9. The van der Waals surface area contributed by atoms with Crippen molar-refractivity contribution in [2.75, 3.05) is 12.4 Å². The van der Waals surface area contributed by atoms with Crippen LogP contribution in [0.5, 0.6) is 11.5 Å². The molecule has 1 unspecified atom stereocenters. The Morgan fingerprint density at radius 3 is 2.59 bits per heavy atom. The van der Waals surface area contributed by atoms with Crippen LogP contribution in [0.3, 0.4) is 0 Å². The molecule has 12 heteroatoms. The van der Waals surface area contributed by atoms with Crippen molar-refractivity contribution >= 4 is 34.3 Å². The summed E-state index contributed by atoms with van der Waals surface area (Å²) in [6.45, 7) is -0.839. The highest BCUT2D eigenvalue weighted by Gasteiger charge is 2.30. The maximum absolute atomic E-state index is 12.8. The van der Waals surface area contributed by atoms with Gasteiger partial charge < -0.3 is 14.8 Å². The summed E-state index contributed by atoms with van der Waals surface area (Å²) in [6, 6.07) is 11.6. The second-order valence-corrected chi connectivity index (χ2v) is 8.96. The van der Waals surface area contributed by atoms with Crippen LogP contribution < -0.4 is 14.8 Å². The monoisotopic (exact) mass is 527 g/mol. The zero-order valence-electron chi connectivity index (χ0n) is 19.9. The molecule has 0 bridgehead atoms. The van der Waals surface area contributed by atoms with Gasteiger partial charge in [0.05, 0.1) is 30.8 Å². The molecule has 0 fully saturated rings. The van der Waals surface area contributed by atoms with Crippen LogP contribution in [-0.2, 0) is 6.54 Å². The molecule has 1 aliphatic heterocycles. The van der Waals surface area contributed by atoms with Gasteiger partial charge in [0.1, 0.15) is 5.69 Å². The van der Waals surface area contributed by atoms with Crippen LogP contribution >= 0.6 is 11.8 Å². The molecule has 0 saturated carbocycles. The van der Waals surface area contributed by atoms with Gasteiger partial charge in [-0.3, -0.25) is 14.6 Å². The first kappa shape index (κ1) is 26.0. The minimum atomic E-state index is -2.98. The van der Waals surface area contributed by atoms with Crippen LogP contribution in [0.25, 0.3) is 0 Å². The van der Waals surface area contributed by atoms with Crippen LogP contribution in [0.1, 0.15) is 35.0 Å². The molecular formula is C25H23F2N5O4S. The predicted octanol–water partition coefficient (Wildman–Crippen LogP) is 5.19. The topological polar surface area (TPSA) is 106 Å². The fourth-order valence-corrected chi connectivity index (χ4v) is 4.52. The summed E-state index contributed by atoms with van der Waals surface area (Å²) in [4.78, 5) is 32.9. The number of nitrogens with zero attached hydrogens (tertiary/aromatic N) is 4.